The molecule has 1 heterocycles. The number of hydrogen-bond acceptors (Lipinski definition) is 3. The maximum Gasteiger partial charge on any atom is 0.411 e. The van der Waals surface area contributed by atoms with Gasteiger partial charge in [-0.2, -0.15) is 0 Å². The van der Waals surface area contributed by atoms with E-state index in [9.17, 15) is 4.79 Å². The van der Waals surface area contributed by atoms with Crippen molar-refractivity contribution in [3.8, 4) is 0 Å². The Kier molecular flexibility index (Phi) is 1.81. The van der Waals surface area contributed by atoms with Gasteiger partial charge in [0.25, 0.3) is 0 Å². The van der Waals surface area contributed by atoms with Gasteiger partial charge in [-0.1, -0.05) is 6.07 Å². The van der Waals surface area contributed by atoms with Crippen LogP contribution in [0.1, 0.15) is 5.56 Å². The number of nitrogen functional groups attached to an aromatic ring is 1. The van der Waals surface area contributed by atoms with Crippen LogP contribution in [0.25, 0.3) is 0 Å². The molecule has 1 aliphatic heterocycles. The first kappa shape index (κ1) is 7.91. The van der Waals surface area contributed by atoms with E-state index in [0.29, 0.717) is 12.3 Å². The Morgan fingerprint density at radius 1 is 1.46 bits per heavy atom. The SMILES string of the molecule is Nc1ccc2c(c1)NC(=O)OCC2. The molecule has 4 nitrogen and oxygen atoms in total. The minimum Gasteiger partial charge on any atom is -0.449 e. The van der Waals surface area contributed by atoms with Gasteiger partial charge in [-0.3, -0.25) is 5.32 Å². The largest absolute Gasteiger partial charge is 0.449 e. The second kappa shape index (κ2) is 2.97. The topological polar surface area (TPSA) is 64.3 Å². The Morgan fingerprint density at radius 3 is 3.15 bits per heavy atom. The zero-order valence-corrected chi connectivity index (χ0v) is 7.04. The van der Waals surface area contributed by atoms with Gasteiger partial charge in [0.05, 0.1) is 6.61 Å². The molecule has 0 spiro atoms. The average Bonchev–Trinajstić information content (AvgIpc) is 2.25. The molecule has 0 atom stereocenters. The number of ether oxygens (including phenoxy) is 1. The Bertz CT molecular complexity index is 349. The fourth-order valence-corrected chi connectivity index (χ4v) is 1.33. The van der Waals surface area contributed by atoms with Crippen LogP contribution in [0, 0.1) is 0 Å². The van der Waals surface area contributed by atoms with Gasteiger partial charge in [-0.05, 0) is 17.7 Å². The minimum atomic E-state index is -0.413. The third kappa shape index (κ3) is 1.56. The van der Waals surface area contributed by atoms with Crippen LogP contribution in [-0.4, -0.2) is 12.7 Å². The summed E-state index contributed by atoms with van der Waals surface area (Å²) in [5.74, 6) is 0. The van der Waals surface area contributed by atoms with Crippen molar-refractivity contribution in [1.29, 1.82) is 0 Å². The summed E-state index contributed by atoms with van der Waals surface area (Å²) in [5, 5.41) is 2.62. The quantitative estimate of drug-likeness (QED) is 0.590. The lowest BCUT2D eigenvalue weighted by atomic mass is 10.1. The Morgan fingerprint density at radius 2 is 2.31 bits per heavy atom. The van der Waals surface area contributed by atoms with Crippen molar-refractivity contribution in [3.63, 3.8) is 0 Å². The van der Waals surface area contributed by atoms with Gasteiger partial charge < -0.3 is 10.5 Å². The maximum atomic E-state index is 11.0. The number of amides is 1. The highest BCUT2D eigenvalue weighted by Crippen LogP contribution is 2.21. The fourth-order valence-electron chi connectivity index (χ4n) is 1.33. The molecule has 0 radical (unpaired) electrons. The van der Waals surface area contributed by atoms with Crippen LogP contribution < -0.4 is 11.1 Å². The standard InChI is InChI=1S/C9H10N2O2/c10-7-2-1-6-3-4-13-9(12)11-8(6)5-7/h1-2,5H,3-4,10H2,(H,11,12). The molecule has 1 aromatic rings. The summed E-state index contributed by atoms with van der Waals surface area (Å²) in [7, 11) is 0. The lowest BCUT2D eigenvalue weighted by Crippen LogP contribution is -2.11. The number of fused-ring (bicyclic) bond motifs is 1. The molecule has 1 amide bonds. The molecule has 0 bridgehead atoms. The third-order valence-electron chi connectivity index (χ3n) is 1.98. The predicted molar refractivity (Wildman–Crippen MR) is 49.5 cm³/mol. The summed E-state index contributed by atoms with van der Waals surface area (Å²) in [6.45, 7) is 0.419. The normalized spacial score (nSPS) is 15.2. The number of nitrogens with one attached hydrogen (secondary N) is 1. The van der Waals surface area contributed by atoms with Gasteiger partial charge in [0.1, 0.15) is 0 Å². The van der Waals surface area contributed by atoms with E-state index in [-0.39, 0.29) is 0 Å². The lowest BCUT2D eigenvalue weighted by Gasteiger charge is -2.04. The monoisotopic (exact) mass is 178 g/mol. The molecule has 0 saturated carbocycles. The molecule has 0 fully saturated rings. The van der Waals surface area contributed by atoms with E-state index in [2.05, 4.69) is 5.32 Å². The number of hydrogen-bond donors (Lipinski definition) is 2. The Hall–Kier alpha value is -1.71. The number of benzene rings is 1. The van der Waals surface area contributed by atoms with Crippen molar-refractivity contribution in [3.05, 3.63) is 23.8 Å². The van der Waals surface area contributed by atoms with Gasteiger partial charge in [0.15, 0.2) is 0 Å². The number of carbonyl (C=O) groups excluding carboxylic acids is 1. The van der Waals surface area contributed by atoms with Crippen molar-refractivity contribution in [2.24, 2.45) is 0 Å². The molecule has 0 saturated heterocycles. The summed E-state index contributed by atoms with van der Waals surface area (Å²) in [6, 6.07) is 5.46. The van der Waals surface area contributed by atoms with Crippen LogP contribution in [0.3, 0.4) is 0 Å². The highest BCUT2D eigenvalue weighted by atomic mass is 16.5. The average molecular weight is 178 g/mol. The smallest absolute Gasteiger partial charge is 0.411 e. The molecule has 0 unspecified atom stereocenters. The first-order chi connectivity index (χ1) is 6.25. The second-order valence-electron chi connectivity index (χ2n) is 2.93. The highest BCUT2D eigenvalue weighted by molar-refractivity contribution is 5.87. The summed E-state index contributed by atoms with van der Waals surface area (Å²) in [4.78, 5) is 11.0. The summed E-state index contributed by atoms with van der Waals surface area (Å²) in [5.41, 5.74) is 8.03. The first-order valence-electron chi connectivity index (χ1n) is 4.08. The lowest BCUT2D eigenvalue weighted by molar-refractivity contribution is 0.165. The number of anilines is 2. The molecular formula is C9H10N2O2. The molecule has 4 heteroatoms. The Labute approximate surface area is 75.7 Å². The van der Waals surface area contributed by atoms with E-state index in [1.165, 1.54) is 0 Å². The molecule has 2 rings (SSSR count). The summed E-state index contributed by atoms with van der Waals surface area (Å²) >= 11 is 0. The van der Waals surface area contributed by atoms with Crippen molar-refractivity contribution in [2.75, 3.05) is 17.7 Å². The van der Waals surface area contributed by atoms with Crippen molar-refractivity contribution >= 4 is 17.5 Å². The fraction of sp³-hybridized carbons (Fsp3) is 0.222. The first-order valence-corrected chi connectivity index (χ1v) is 4.08. The molecule has 0 aromatic heterocycles. The number of rotatable bonds is 0. The van der Waals surface area contributed by atoms with Gasteiger partial charge in [0, 0.05) is 17.8 Å². The molecule has 1 aromatic carbocycles. The zero-order chi connectivity index (χ0) is 9.26. The van der Waals surface area contributed by atoms with Crippen LogP contribution >= 0.6 is 0 Å². The van der Waals surface area contributed by atoms with Gasteiger partial charge in [-0.25, -0.2) is 4.79 Å². The van der Waals surface area contributed by atoms with E-state index >= 15 is 0 Å². The molecule has 13 heavy (non-hydrogen) atoms. The molecule has 0 aliphatic carbocycles. The summed E-state index contributed by atoms with van der Waals surface area (Å²) < 4.78 is 4.83. The number of cyclic esters (lactones) is 1. The van der Waals surface area contributed by atoms with Gasteiger partial charge >= 0.3 is 6.09 Å². The highest BCUT2D eigenvalue weighted by Gasteiger charge is 2.12. The van der Waals surface area contributed by atoms with Crippen molar-refractivity contribution in [2.45, 2.75) is 6.42 Å². The van der Waals surface area contributed by atoms with E-state index in [1.54, 1.807) is 6.07 Å². The van der Waals surface area contributed by atoms with Crippen LogP contribution in [-0.2, 0) is 11.2 Å². The summed E-state index contributed by atoms with van der Waals surface area (Å²) in [6.07, 6.45) is 0.318. The van der Waals surface area contributed by atoms with E-state index < -0.39 is 6.09 Å². The van der Waals surface area contributed by atoms with Crippen LogP contribution in [0.5, 0.6) is 0 Å². The molecule has 68 valence electrons. The van der Waals surface area contributed by atoms with Gasteiger partial charge in [-0.15, -0.1) is 0 Å². The van der Waals surface area contributed by atoms with Crippen molar-refractivity contribution < 1.29 is 9.53 Å². The van der Waals surface area contributed by atoms with Crippen molar-refractivity contribution in [1.82, 2.24) is 0 Å². The second-order valence-corrected chi connectivity index (χ2v) is 2.93. The zero-order valence-electron chi connectivity index (χ0n) is 7.04. The molecule has 3 N–H and O–H groups in total. The number of carbonyl (C=O) groups is 1. The maximum absolute atomic E-state index is 11.0. The Balaban J connectivity index is 2.40. The predicted octanol–water partition coefficient (Wildman–Crippen LogP) is 1.37. The molecular weight excluding hydrogens is 168 g/mol. The molecule has 1 aliphatic rings. The van der Waals surface area contributed by atoms with E-state index in [0.717, 1.165) is 17.7 Å². The van der Waals surface area contributed by atoms with Crippen LogP contribution in [0.15, 0.2) is 18.2 Å². The minimum absolute atomic E-state index is 0.413. The van der Waals surface area contributed by atoms with Crippen LogP contribution in [0.2, 0.25) is 0 Å². The van der Waals surface area contributed by atoms with Crippen LogP contribution in [0.4, 0.5) is 16.2 Å². The number of nitrogens with two attached hydrogens (primary N) is 1. The van der Waals surface area contributed by atoms with E-state index in [1.807, 2.05) is 12.1 Å². The van der Waals surface area contributed by atoms with Gasteiger partial charge in [0.2, 0.25) is 0 Å². The third-order valence-corrected chi connectivity index (χ3v) is 1.98. The van der Waals surface area contributed by atoms with E-state index in [4.69, 9.17) is 10.5 Å².